The minimum atomic E-state index is -3.83. The Kier molecular flexibility index (Phi) is 5.96. The molecule has 31 heavy (non-hydrogen) atoms. The third-order valence-corrected chi connectivity index (χ3v) is 6.14. The van der Waals surface area contributed by atoms with E-state index in [1.807, 2.05) is 96.6 Å². The van der Waals surface area contributed by atoms with Gasteiger partial charge < -0.3 is 4.72 Å². The molecule has 0 bridgehead atoms. The maximum Gasteiger partial charge on any atom is 0.218 e. The molecule has 0 spiro atoms. The van der Waals surface area contributed by atoms with Crippen molar-refractivity contribution in [2.75, 3.05) is 0 Å². The Hall–Kier alpha value is -3.70. The Morgan fingerprint density at radius 3 is 2.06 bits per heavy atom. The van der Waals surface area contributed by atoms with E-state index in [0.29, 0.717) is 5.70 Å². The van der Waals surface area contributed by atoms with Crippen LogP contribution in [-0.2, 0) is 10.0 Å². The van der Waals surface area contributed by atoms with Crippen LogP contribution in [0.25, 0.3) is 21.7 Å². The van der Waals surface area contributed by atoms with Crippen LogP contribution < -0.4 is 4.57 Å². The van der Waals surface area contributed by atoms with Gasteiger partial charge in [0, 0.05) is 23.3 Å². The van der Waals surface area contributed by atoms with Gasteiger partial charge in [0.25, 0.3) is 0 Å². The van der Waals surface area contributed by atoms with Crippen molar-refractivity contribution >= 4 is 15.7 Å². The van der Waals surface area contributed by atoms with E-state index in [1.165, 1.54) is 6.20 Å². The second-order valence-electron chi connectivity index (χ2n) is 7.10. The highest BCUT2D eigenvalue weighted by Crippen LogP contribution is 2.23. The molecule has 0 fully saturated rings. The molecule has 3 aromatic carbocycles. The molecule has 4 rings (SSSR count). The largest absolute Gasteiger partial charge is 0.574 e. The summed E-state index contributed by atoms with van der Waals surface area (Å²) in [4.78, 5) is 0.170. The summed E-state index contributed by atoms with van der Waals surface area (Å²) in [6.45, 7) is 1.91. The van der Waals surface area contributed by atoms with E-state index in [0.717, 1.165) is 22.4 Å². The standard InChI is InChI=1S/C26H22N2O2S/c1-21-15-17-24(18-16-21)31(29,30)27-20-26(23-12-6-3-7-13-23)28-19-9-8-14-25(28)22-10-4-2-5-11-22/h2-20H,1H3/b26-20-. The van der Waals surface area contributed by atoms with Gasteiger partial charge in [0.2, 0.25) is 5.69 Å². The first-order valence-corrected chi connectivity index (χ1v) is 11.3. The molecular weight excluding hydrogens is 404 g/mol. The van der Waals surface area contributed by atoms with E-state index in [9.17, 15) is 8.42 Å². The quantitative estimate of drug-likeness (QED) is 0.379. The second kappa shape index (κ2) is 8.98. The highest BCUT2D eigenvalue weighted by atomic mass is 32.2. The average molecular weight is 427 g/mol. The number of aryl methyl sites for hydroxylation is 1. The second-order valence-corrected chi connectivity index (χ2v) is 8.73. The summed E-state index contributed by atoms with van der Waals surface area (Å²) in [5.74, 6) is 0. The van der Waals surface area contributed by atoms with Crippen molar-refractivity contribution in [3.63, 3.8) is 0 Å². The van der Waals surface area contributed by atoms with Crippen LogP contribution in [-0.4, -0.2) is 8.42 Å². The molecule has 0 atom stereocenters. The minimum absolute atomic E-state index is 0.170. The lowest BCUT2D eigenvalue weighted by Crippen LogP contribution is -2.35. The number of rotatable bonds is 6. The molecule has 0 saturated heterocycles. The van der Waals surface area contributed by atoms with Crippen molar-refractivity contribution in [3.05, 3.63) is 131 Å². The third kappa shape index (κ3) is 4.73. The molecule has 1 heterocycles. The van der Waals surface area contributed by atoms with Crippen molar-refractivity contribution < 1.29 is 13.0 Å². The van der Waals surface area contributed by atoms with E-state index in [4.69, 9.17) is 0 Å². The zero-order valence-electron chi connectivity index (χ0n) is 17.1. The number of pyridine rings is 1. The van der Waals surface area contributed by atoms with E-state index >= 15 is 0 Å². The Morgan fingerprint density at radius 2 is 1.39 bits per heavy atom. The van der Waals surface area contributed by atoms with Crippen LogP contribution in [0.1, 0.15) is 11.1 Å². The van der Waals surface area contributed by atoms with Crippen molar-refractivity contribution in [3.8, 4) is 11.3 Å². The van der Waals surface area contributed by atoms with Gasteiger partial charge in [-0.3, -0.25) is 0 Å². The molecule has 0 amide bonds. The molecule has 0 aliphatic heterocycles. The van der Waals surface area contributed by atoms with Crippen LogP contribution in [0.2, 0.25) is 0 Å². The van der Waals surface area contributed by atoms with Crippen LogP contribution in [0.3, 0.4) is 0 Å². The van der Waals surface area contributed by atoms with Crippen molar-refractivity contribution in [2.24, 2.45) is 0 Å². The lowest BCUT2D eigenvalue weighted by molar-refractivity contribution is -0.567. The zero-order chi connectivity index (χ0) is 21.7. The molecule has 0 N–H and O–H groups in total. The Balaban J connectivity index is 1.81. The van der Waals surface area contributed by atoms with Crippen LogP contribution in [0.15, 0.2) is 120 Å². The van der Waals surface area contributed by atoms with Crippen LogP contribution in [0.5, 0.6) is 0 Å². The van der Waals surface area contributed by atoms with E-state index < -0.39 is 10.0 Å². The Bertz CT molecular complexity index is 1300. The fourth-order valence-corrected chi connectivity index (χ4v) is 4.11. The smallest absolute Gasteiger partial charge is 0.218 e. The Labute approximate surface area is 183 Å². The number of hydrogen-bond acceptors (Lipinski definition) is 2. The highest BCUT2D eigenvalue weighted by molar-refractivity contribution is 7.94. The monoisotopic (exact) mass is 426 g/mol. The van der Waals surface area contributed by atoms with Gasteiger partial charge in [0.15, 0.2) is 11.9 Å². The first-order valence-electron chi connectivity index (χ1n) is 9.90. The van der Waals surface area contributed by atoms with Gasteiger partial charge >= 0.3 is 0 Å². The SMILES string of the molecule is Cc1ccc(S(=O)(=O)[N-]/C=C(/c2ccccc2)[n+]2ccccc2-c2ccccc2)cc1. The van der Waals surface area contributed by atoms with Crippen molar-refractivity contribution in [1.82, 2.24) is 0 Å². The molecule has 0 aliphatic rings. The van der Waals surface area contributed by atoms with E-state index in [1.54, 1.807) is 24.3 Å². The number of aromatic nitrogens is 1. The Morgan fingerprint density at radius 1 is 0.774 bits per heavy atom. The summed E-state index contributed by atoms with van der Waals surface area (Å²) in [6, 6.07) is 32.2. The van der Waals surface area contributed by atoms with Gasteiger partial charge in [-0.1, -0.05) is 60.3 Å². The van der Waals surface area contributed by atoms with Crippen LogP contribution in [0.4, 0.5) is 0 Å². The molecule has 0 saturated carbocycles. The van der Waals surface area contributed by atoms with Gasteiger partial charge in [-0.2, -0.15) is 4.57 Å². The van der Waals surface area contributed by atoms with Gasteiger partial charge in [-0.15, -0.1) is 0 Å². The maximum absolute atomic E-state index is 12.8. The van der Waals surface area contributed by atoms with Gasteiger partial charge in [-0.05, 0) is 49.4 Å². The molecular formula is C26H22N2O2S. The summed E-state index contributed by atoms with van der Waals surface area (Å²) in [6.07, 6.45) is 3.34. The number of sulfonamides is 1. The lowest BCUT2D eigenvalue weighted by atomic mass is 10.1. The molecule has 5 heteroatoms. The molecule has 4 nitrogen and oxygen atoms in total. The first kappa shape index (κ1) is 20.6. The fourth-order valence-electron chi connectivity index (χ4n) is 3.27. The molecule has 0 aliphatic carbocycles. The normalized spacial score (nSPS) is 11.8. The first-order chi connectivity index (χ1) is 15.0. The van der Waals surface area contributed by atoms with Crippen LogP contribution >= 0.6 is 0 Å². The van der Waals surface area contributed by atoms with Gasteiger partial charge in [0.05, 0.1) is 4.90 Å². The summed E-state index contributed by atoms with van der Waals surface area (Å²) in [7, 11) is -3.83. The van der Waals surface area contributed by atoms with Crippen LogP contribution in [0, 0.1) is 6.92 Å². The van der Waals surface area contributed by atoms with Gasteiger partial charge in [-0.25, -0.2) is 8.42 Å². The number of nitrogens with zero attached hydrogens (tertiary/aromatic N) is 2. The molecule has 1 aromatic heterocycles. The van der Waals surface area contributed by atoms with Crippen molar-refractivity contribution in [2.45, 2.75) is 11.8 Å². The topological polar surface area (TPSA) is 52.1 Å². The lowest BCUT2D eigenvalue weighted by Gasteiger charge is -2.18. The number of hydrogen-bond donors (Lipinski definition) is 0. The maximum atomic E-state index is 12.8. The summed E-state index contributed by atoms with van der Waals surface area (Å²) < 4.78 is 31.7. The number of benzene rings is 3. The molecule has 4 aromatic rings. The zero-order valence-corrected chi connectivity index (χ0v) is 17.9. The van der Waals surface area contributed by atoms with Gasteiger partial charge in [0.1, 0.15) is 10.0 Å². The minimum Gasteiger partial charge on any atom is -0.574 e. The summed E-state index contributed by atoms with van der Waals surface area (Å²) in [5.41, 5.74) is 4.47. The summed E-state index contributed by atoms with van der Waals surface area (Å²) in [5, 5.41) is 0. The predicted molar refractivity (Wildman–Crippen MR) is 124 cm³/mol. The van der Waals surface area contributed by atoms with E-state index in [-0.39, 0.29) is 4.90 Å². The molecule has 154 valence electrons. The third-order valence-electron chi connectivity index (χ3n) is 4.89. The highest BCUT2D eigenvalue weighted by Gasteiger charge is 2.18. The van der Waals surface area contributed by atoms with Crippen molar-refractivity contribution in [1.29, 1.82) is 0 Å². The van der Waals surface area contributed by atoms with E-state index in [2.05, 4.69) is 4.72 Å². The molecule has 0 unspecified atom stereocenters. The summed E-state index contributed by atoms with van der Waals surface area (Å²) >= 11 is 0. The fraction of sp³-hybridized carbons (Fsp3) is 0.0385. The predicted octanol–water partition coefficient (Wildman–Crippen LogP) is 5.56. The molecule has 0 radical (unpaired) electrons. The average Bonchev–Trinajstić information content (AvgIpc) is 2.81.